The highest BCUT2D eigenvalue weighted by Crippen LogP contribution is 1.88. The van der Waals surface area contributed by atoms with Gasteiger partial charge in [-0.3, -0.25) is 9.59 Å². The first kappa shape index (κ1) is 12.8. The number of carboxylic acids is 1. The summed E-state index contributed by atoms with van der Waals surface area (Å²) in [7, 11) is 0. The van der Waals surface area contributed by atoms with Gasteiger partial charge in [0.1, 0.15) is 6.79 Å². The van der Waals surface area contributed by atoms with E-state index in [9.17, 15) is 9.59 Å². The van der Waals surface area contributed by atoms with E-state index in [0.717, 1.165) is 0 Å². The number of rotatable bonds is 9. The van der Waals surface area contributed by atoms with Crippen LogP contribution >= 0.6 is 0 Å². The number of ether oxygens (including phenoxy) is 2. The second-order valence-electron chi connectivity index (χ2n) is 2.50. The Morgan fingerprint density at radius 1 is 1.21 bits per heavy atom. The minimum absolute atomic E-state index is 0.0116. The maximum absolute atomic E-state index is 10.7. The lowest BCUT2D eigenvalue weighted by Gasteiger charge is -2.02. The molecule has 0 rings (SSSR count). The van der Waals surface area contributed by atoms with Crippen molar-refractivity contribution in [2.45, 2.75) is 12.8 Å². The summed E-state index contributed by atoms with van der Waals surface area (Å²) < 4.78 is 9.72. The second kappa shape index (κ2) is 8.40. The Balaban J connectivity index is 3.10. The van der Waals surface area contributed by atoms with Crippen LogP contribution in [0.3, 0.4) is 0 Å². The summed E-state index contributed by atoms with van der Waals surface area (Å²) in [6.45, 7) is 3.70. The van der Waals surface area contributed by atoms with Gasteiger partial charge in [-0.25, -0.2) is 0 Å². The van der Waals surface area contributed by atoms with Gasteiger partial charge in [-0.2, -0.15) is 0 Å². The van der Waals surface area contributed by atoms with Gasteiger partial charge in [0.25, 0.3) is 0 Å². The topological polar surface area (TPSA) is 72.8 Å². The van der Waals surface area contributed by atoms with Gasteiger partial charge in [-0.15, -0.1) is 0 Å². The minimum atomic E-state index is -0.910. The highest BCUT2D eigenvalue weighted by molar-refractivity contribution is 5.89. The smallest absolute Gasteiger partial charge is 0.305 e. The van der Waals surface area contributed by atoms with Crippen LogP contribution in [0.5, 0.6) is 0 Å². The van der Waals surface area contributed by atoms with E-state index >= 15 is 0 Å². The second-order valence-corrected chi connectivity index (χ2v) is 2.50. The number of carboxylic acid groups (broad SMARTS) is 1. The molecular weight excluding hydrogens is 188 g/mol. The maximum Gasteiger partial charge on any atom is 0.305 e. The molecule has 0 saturated carbocycles. The maximum atomic E-state index is 10.7. The van der Waals surface area contributed by atoms with E-state index in [4.69, 9.17) is 14.6 Å². The standard InChI is InChI=1S/C9H14O5/c1-2-8(10)3-5-13-7-14-6-4-9(11)12/h2H,1,3-7H2,(H,11,12). The highest BCUT2D eigenvalue weighted by Gasteiger charge is 1.97. The van der Waals surface area contributed by atoms with E-state index in [1.54, 1.807) is 0 Å². The fourth-order valence-electron chi connectivity index (χ4n) is 0.611. The summed E-state index contributed by atoms with van der Waals surface area (Å²) >= 11 is 0. The molecule has 0 aromatic carbocycles. The molecule has 0 aromatic heterocycles. The van der Waals surface area contributed by atoms with Gasteiger partial charge in [0.05, 0.1) is 19.6 Å². The number of carbonyl (C=O) groups excluding carboxylic acids is 1. The van der Waals surface area contributed by atoms with E-state index in [2.05, 4.69) is 6.58 Å². The first-order chi connectivity index (χ1) is 6.66. The van der Waals surface area contributed by atoms with Gasteiger partial charge in [0.15, 0.2) is 5.78 Å². The van der Waals surface area contributed by atoms with Gasteiger partial charge in [0, 0.05) is 6.42 Å². The number of carbonyl (C=O) groups is 2. The Labute approximate surface area is 82.3 Å². The predicted molar refractivity (Wildman–Crippen MR) is 48.8 cm³/mol. The zero-order valence-corrected chi connectivity index (χ0v) is 7.90. The van der Waals surface area contributed by atoms with Crippen LogP contribution in [0.2, 0.25) is 0 Å². The molecule has 0 spiro atoms. The molecule has 0 unspecified atom stereocenters. The van der Waals surface area contributed by atoms with Crippen molar-refractivity contribution in [1.29, 1.82) is 0 Å². The van der Waals surface area contributed by atoms with Gasteiger partial charge >= 0.3 is 5.97 Å². The molecule has 0 aromatic rings. The van der Waals surface area contributed by atoms with E-state index in [0.29, 0.717) is 0 Å². The number of ketones is 1. The third-order valence-electron chi connectivity index (χ3n) is 1.35. The first-order valence-electron chi connectivity index (χ1n) is 4.19. The third kappa shape index (κ3) is 8.89. The quantitative estimate of drug-likeness (QED) is 0.336. The molecule has 0 aliphatic carbocycles. The minimum Gasteiger partial charge on any atom is -0.481 e. The molecule has 0 atom stereocenters. The molecule has 0 amide bonds. The van der Waals surface area contributed by atoms with Crippen molar-refractivity contribution in [1.82, 2.24) is 0 Å². The summed E-state index contributed by atoms with van der Waals surface area (Å²) in [4.78, 5) is 20.7. The van der Waals surface area contributed by atoms with E-state index in [-0.39, 0.29) is 38.6 Å². The van der Waals surface area contributed by atoms with Gasteiger partial charge in [-0.05, 0) is 6.08 Å². The lowest BCUT2D eigenvalue weighted by molar-refractivity contribution is -0.139. The number of hydrogen-bond donors (Lipinski definition) is 1. The molecule has 0 aliphatic rings. The molecule has 1 N–H and O–H groups in total. The Morgan fingerprint density at radius 3 is 2.29 bits per heavy atom. The summed E-state index contributed by atoms with van der Waals surface area (Å²) in [6.07, 6.45) is 1.45. The Morgan fingerprint density at radius 2 is 1.79 bits per heavy atom. The summed E-state index contributed by atoms with van der Waals surface area (Å²) in [5.41, 5.74) is 0. The van der Waals surface area contributed by atoms with Crippen LogP contribution in [0.4, 0.5) is 0 Å². The van der Waals surface area contributed by atoms with Crippen molar-refractivity contribution < 1.29 is 24.2 Å². The van der Waals surface area contributed by atoms with Crippen molar-refractivity contribution in [2.24, 2.45) is 0 Å². The average molecular weight is 202 g/mol. The van der Waals surface area contributed by atoms with Crippen molar-refractivity contribution in [3.05, 3.63) is 12.7 Å². The molecule has 80 valence electrons. The predicted octanol–water partition coefficient (Wildman–Crippen LogP) is 0.597. The lowest BCUT2D eigenvalue weighted by Crippen LogP contribution is -2.08. The van der Waals surface area contributed by atoms with E-state index in [1.165, 1.54) is 6.08 Å². The largest absolute Gasteiger partial charge is 0.481 e. The number of allylic oxidation sites excluding steroid dienone is 1. The molecule has 0 saturated heterocycles. The Kier molecular flexibility index (Phi) is 7.68. The van der Waals surface area contributed by atoms with Crippen molar-refractivity contribution in [3.8, 4) is 0 Å². The van der Waals surface area contributed by atoms with E-state index < -0.39 is 5.97 Å². The molecule has 5 heteroatoms. The van der Waals surface area contributed by atoms with Crippen molar-refractivity contribution >= 4 is 11.8 Å². The Bertz CT molecular complexity index is 199. The average Bonchev–Trinajstić information content (AvgIpc) is 2.15. The molecule has 0 radical (unpaired) electrons. The van der Waals surface area contributed by atoms with Gasteiger partial charge in [0.2, 0.25) is 0 Å². The van der Waals surface area contributed by atoms with Crippen LogP contribution in [0, 0.1) is 0 Å². The van der Waals surface area contributed by atoms with Gasteiger partial charge < -0.3 is 14.6 Å². The van der Waals surface area contributed by atoms with Crippen LogP contribution < -0.4 is 0 Å². The zero-order chi connectivity index (χ0) is 10.8. The zero-order valence-electron chi connectivity index (χ0n) is 7.90. The molecule has 0 bridgehead atoms. The Hall–Kier alpha value is -1.20. The number of hydrogen-bond acceptors (Lipinski definition) is 4. The first-order valence-corrected chi connectivity index (χ1v) is 4.19. The third-order valence-corrected chi connectivity index (χ3v) is 1.35. The van der Waals surface area contributed by atoms with Crippen LogP contribution in [-0.4, -0.2) is 36.9 Å². The molecule has 0 aliphatic heterocycles. The van der Waals surface area contributed by atoms with Crippen molar-refractivity contribution in [3.63, 3.8) is 0 Å². The van der Waals surface area contributed by atoms with Gasteiger partial charge in [-0.1, -0.05) is 6.58 Å². The summed E-state index contributed by atoms with van der Waals surface area (Å²) in [6, 6.07) is 0. The van der Waals surface area contributed by atoms with Crippen LogP contribution in [0.15, 0.2) is 12.7 Å². The van der Waals surface area contributed by atoms with Crippen LogP contribution in [0.25, 0.3) is 0 Å². The normalized spacial score (nSPS) is 9.71. The molecule has 5 nitrogen and oxygen atoms in total. The van der Waals surface area contributed by atoms with Crippen LogP contribution in [-0.2, 0) is 19.1 Å². The lowest BCUT2D eigenvalue weighted by atomic mass is 10.3. The fraction of sp³-hybridized carbons (Fsp3) is 0.556. The highest BCUT2D eigenvalue weighted by atomic mass is 16.7. The molecule has 0 fully saturated rings. The molecular formula is C9H14O5. The number of aliphatic carboxylic acids is 1. The summed E-state index contributed by atoms with van der Waals surface area (Å²) in [5.74, 6) is -0.998. The van der Waals surface area contributed by atoms with E-state index in [1.807, 2.05) is 0 Å². The molecule has 14 heavy (non-hydrogen) atoms. The van der Waals surface area contributed by atoms with Crippen molar-refractivity contribution in [2.75, 3.05) is 20.0 Å². The SMILES string of the molecule is C=CC(=O)CCOCOCCC(=O)O. The van der Waals surface area contributed by atoms with Crippen LogP contribution in [0.1, 0.15) is 12.8 Å². The summed E-state index contributed by atoms with van der Waals surface area (Å²) in [5, 5.41) is 8.24. The monoisotopic (exact) mass is 202 g/mol. The molecule has 0 heterocycles. The fourth-order valence-corrected chi connectivity index (χ4v) is 0.611.